The number of nitrogens with one attached hydrogen (secondary N) is 1. The van der Waals surface area contributed by atoms with E-state index in [9.17, 15) is 18.3 Å². The van der Waals surface area contributed by atoms with E-state index in [2.05, 4.69) is 15.9 Å². The van der Waals surface area contributed by atoms with Crippen LogP contribution >= 0.6 is 15.9 Å². The summed E-state index contributed by atoms with van der Waals surface area (Å²) in [5.41, 5.74) is 0. The van der Waals surface area contributed by atoms with Crippen molar-refractivity contribution in [3.05, 3.63) is 28.7 Å². The number of hydrogen-bond donors (Lipinski definition) is 3. The van der Waals surface area contributed by atoms with E-state index in [0.717, 1.165) is 0 Å². The average molecular weight is 338 g/mol. The van der Waals surface area contributed by atoms with Crippen molar-refractivity contribution >= 4 is 31.9 Å². The molecule has 100 valence electrons. The van der Waals surface area contributed by atoms with Crippen LogP contribution in [0.3, 0.4) is 0 Å². The number of rotatable bonds is 5. The van der Waals surface area contributed by atoms with Crippen molar-refractivity contribution in [2.45, 2.75) is 24.0 Å². The smallest absolute Gasteiger partial charge is 0.324 e. The molecule has 0 spiro atoms. The Balaban J connectivity index is 3.05. The molecule has 8 heteroatoms. The number of aliphatic hydroxyl groups is 1. The third-order valence-electron chi connectivity index (χ3n) is 2.14. The molecule has 0 bridgehead atoms. The van der Waals surface area contributed by atoms with E-state index < -0.39 is 28.1 Å². The molecule has 0 unspecified atom stereocenters. The number of sulfonamides is 1. The molecular formula is C10H12BrNO5S. The minimum Gasteiger partial charge on any atom is -0.480 e. The molecule has 0 amide bonds. The molecule has 0 fully saturated rings. The van der Waals surface area contributed by atoms with Crippen molar-refractivity contribution < 1.29 is 23.4 Å². The summed E-state index contributed by atoms with van der Waals surface area (Å²) in [6.45, 7) is 1.20. The first kappa shape index (κ1) is 15.1. The third-order valence-corrected chi connectivity index (χ3v) is 4.07. The predicted molar refractivity (Wildman–Crippen MR) is 67.6 cm³/mol. The van der Waals surface area contributed by atoms with E-state index in [-0.39, 0.29) is 4.90 Å². The SMILES string of the molecule is C[C@@H](O)[C@H](NS(=O)(=O)c1cccc(Br)c1)C(=O)O. The molecule has 0 radical (unpaired) electrons. The number of carboxylic acid groups (broad SMARTS) is 1. The number of aliphatic hydroxyl groups excluding tert-OH is 1. The van der Waals surface area contributed by atoms with Gasteiger partial charge in [0.25, 0.3) is 0 Å². The van der Waals surface area contributed by atoms with Gasteiger partial charge in [-0.15, -0.1) is 0 Å². The molecule has 2 atom stereocenters. The van der Waals surface area contributed by atoms with Crippen LogP contribution in [0, 0.1) is 0 Å². The van der Waals surface area contributed by atoms with E-state index in [1.807, 2.05) is 4.72 Å². The summed E-state index contributed by atoms with van der Waals surface area (Å²) in [6.07, 6.45) is -1.34. The largest absolute Gasteiger partial charge is 0.480 e. The van der Waals surface area contributed by atoms with Crippen molar-refractivity contribution in [3.8, 4) is 0 Å². The lowest BCUT2D eigenvalue weighted by atomic mass is 10.2. The Morgan fingerprint density at radius 3 is 2.50 bits per heavy atom. The van der Waals surface area contributed by atoms with E-state index in [1.54, 1.807) is 6.07 Å². The highest BCUT2D eigenvalue weighted by atomic mass is 79.9. The zero-order valence-corrected chi connectivity index (χ0v) is 11.8. The van der Waals surface area contributed by atoms with Gasteiger partial charge in [-0.25, -0.2) is 8.42 Å². The molecule has 0 aliphatic heterocycles. The standard InChI is InChI=1S/C10H12BrNO5S/c1-6(13)9(10(14)15)12-18(16,17)8-4-2-3-7(11)5-8/h2-6,9,12-13H,1H3,(H,14,15)/t6-,9+/m1/s1. The Kier molecular flexibility index (Phi) is 4.85. The lowest BCUT2D eigenvalue weighted by Gasteiger charge is -2.17. The summed E-state index contributed by atoms with van der Waals surface area (Å²) >= 11 is 3.12. The first-order chi connectivity index (χ1) is 8.24. The number of aliphatic carboxylic acids is 1. The summed E-state index contributed by atoms with van der Waals surface area (Å²) in [5.74, 6) is -1.44. The topological polar surface area (TPSA) is 104 Å². The Morgan fingerprint density at radius 1 is 1.44 bits per heavy atom. The van der Waals surface area contributed by atoms with Crippen molar-refractivity contribution in [2.24, 2.45) is 0 Å². The summed E-state index contributed by atoms with van der Waals surface area (Å²) in [6, 6.07) is 4.23. The van der Waals surface area contributed by atoms with Gasteiger partial charge in [-0.2, -0.15) is 4.72 Å². The van der Waals surface area contributed by atoms with Crippen LogP contribution < -0.4 is 4.72 Å². The molecule has 0 aliphatic carbocycles. The van der Waals surface area contributed by atoms with Crippen LogP contribution in [0.5, 0.6) is 0 Å². The number of carbonyl (C=O) groups is 1. The fourth-order valence-electron chi connectivity index (χ4n) is 1.22. The molecule has 3 N–H and O–H groups in total. The second-order valence-electron chi connectivity index (χ2n) is 3.64. The normalized spacial score (nSPS) is 15.1. The first-order valence-corrected chi connectivity index (χ1v) is 7.20. The van der Waals surface area contributed by atoms with Gasteiger partial charge in [-0.1, -0.05) is 22.0 Å². The summed E-state index contributed by atoms with van der Waals surface area (Å²) in [4.78, 5) is 10.7. The van der Waals surface area contributed by atoms with Gasteiger partial charge >= 0.3 is 5.97 Å². The number of carboxylic acids is 1. The summed E-state index contributed by atoms with van der Waals surface area (Å²) < 4.78 is 26.3. The van der Waals surface area contributed by atoms with Crippen molar-refractivity contribution in [1.29, 1.82) is 0 Å². The van der Waals surface area contributed by atoms with Gasteiger partial charge in [0.05, 0.1) is 11.0 Å². The zero-order chi connectivity index (χ0) is 13.9. The lowest BCUT2D eigenvalue weighted by molar-refractivity contribution is -0.141. The Hall–Kier alpha value is -0.960. The van der Waals surface area contributed by atoms with E-state index in [0.29, 0.717) is 4.47 Å². The molecule has 0 aliphatic rings. The van der Waals surface area contributed by atoms with E-state index in [1.165, 1.54) is 25.1 Å². The maximum absolute atomic E-state index is 11.9. The minimum atomic E-state index is -3.99. The average Bonchev–Trinajstić information content (AvgIpc) is 2.25. The molecule has 1 rings (SSSR count). The third kappa shape index (κ3) is 3.77. The van der Waals surface area contributed by atoms with Gasteiger partial charge in [0.15, 0.2) is 0 Å². The number of halogens is 1. The molecule has 0 aromatic heterocycles. The summed E-state index contributed by atoms with van der Waals surface area (Å²) in [5, 5.41) is 18.0. The van der Waals surface area contributed by atoms with Crippen LogP contribution in [0.25, 0.3) is 0 Å². The quantitative estimate of drug-likeness (QED) is 0.728. The summed E-state index contributed by atoms with van der Waals surface area (Å²) in [7, 11) is -3.99. The van der Waals surface area contributed by atoms with Crippen molar-refractivity contribution in [3.63, 3.8) is 0 Å². The fraction of sp³-hybridized carbons (Fsp3) is 0.300. The number of benzene rings is 1. The molecule has 0 saturated heterocycles. The van der Waals surface area contributed by atoms with Gasteiger partial charge in [0.1, 0.15) is 6.04 Å². The lowest BCUT2D eigenvalue weighted by Crippen LogP contribution is -2.47. The van der Waals surface area contributed by atoms with E-state index in [4.69, 9.17) is 5.11 Å². The van der Waals surface area contributed by atoms with Gasteiger partial charge in [-0.05, 0) is 25.1 Å². The first-order valence-electron chi connectivity index (χ1n) is 4.93. The maximum Gasteiger partial charge on any atom is 0.324 e. The van der Waals surface area contributed by atoms with Crippen molar-refractivity contribution in [2.75, 3.05) is 0 Å². The predicted octanol–water partition coefficient (Wildman–Crippen LogP) is 0.561. The van der Waals surface area contributed by atoms with Crippen LogP contribution in [0.2, 0.25) is 0 Å². The van der Waals surface area contributed by atoms with Gasteiger partial charge in [-0.3, -0.25) is 4.79 Å². The molecule has 6 nitrogen and oxygen atoms in total. The Labute approximate surface area is 113 Å². The monoisotopic (exact) mass is 337 g/mol. The van der Waals surface area contributed by atoms with Crippen LogP contribution in [0.15, 0.2) is 33.6 Å². The second-order valence-corrected chi connectivity index (χ2v) is 6.26. The highest BCUT2D eigenvalue weighted by molar-refractivity contribution is 9.10. The Bertz CT molecular complexity index is 543. The van der Waals surface area contributed by atoms with Gasteiger partial charge in [0, 0.05) is 4.47 Å². The van der Waals surface area contributed by atoms with Crippen LogP contribution in [0.1, 0.15) is 6.92 Å². The minimum absolute atomic E-state index is 0.0798. The zero-order valence-electron chi connectivity index (χ0n) is 9.37. The van der Waals surface area contributed by atoms with E-state index >= 15 is 0 Å². The van der Waals surface area contributed by atoms with Gasteiger partial charge < -0.3 is 10.2 Å². The second kappa shape index (κ2) is 5.79. The molecule has 0 heterocycles. The molecule has 18 heavy (non-hydrogen) atoms. The van der Waals surface area contributed by atoms with Crippen LogP contribution in [-0.2, 0) is 14.8 Å². The number of hydrogen-bond acceptors (Lipinski definition) is 4. The van der Waals surface area contributed by atoms with Crippen molar-refractivity contribution in [1.82, 2.24) is 4.72 Å². The molecular weight excluding hydrogens is 326 g/mol. The fourth-order valence-corrected chi connectivity index (χ4v) is 3.08. The maximum atomic E-state index is 11.9. The molecule has 0 saturated carbocycles. The Morgan fingerprint density at radius 2 is 2.06 bits per heavy atom. The highest BCUT2D eigenvalue weighted by Crippen LogP contribution is 2.16. The van der Waals surface area contributed by atoms with Gasteiger partial charge in [0.2, 0.25) is 10.0 Å². The van der Waals surface area contributed by atoms with Crippen LogP contribution in [-0.4, -0.2) is 36.7 Å². The molecule has 1 aromatic carbocycles. The molecule has 1 aromatic rings. The highest BCUT2D eigenvalue weighted by Gasteiger charge is 2.29. The van der Waals surface area contributed by atoms with Crippen LogP contribution in [0.4, 0.5) is 0 Å².